The molecule has 0 aliphatic rings. The van der Waals surface area contributed by atoms with Gasteiger partial charge in [0.25, 0.3) is 0 Å². The molecule has 0 radical (unpaired) electrons. The van der Waals surface area contributed by atoms with E-state index in [-0.39, 0.29) is 5.92 Å². The summed E-state index contributed by atoms with van der Waals surface area (Å²) < 4.78 is 0.994. The summed E-state index contributed by atoms with van der Waals surface area (Å²) in [6.45, 7) is 8.09. The first-order valence-corrected chi connectivity index (χ1v) is 7.60. The number of rotatable bonds is 4. The number of nitrogens with zero attached hydrogens (tertiary/aromatic N) is 2. The van der Waals surface area contributed by atoms with Crippen molar-refractivity contribution >= 4 is 33.3 Å². The van der Waals surface area contributed by atoms with Crippen LogP contribution < -0.4 is 16.6 Å². The predicted molar refractivity (Wildman–Crippen MR) is 90.8 cm³/mol. The molecule has 0 fully saturated rings. The molecule has 4 N–H and O–H groups in total. The highest BCUT2D eigenvalue weighted by Crippen LogP contribution is 2.29. The van der Waals surface area contributed by atoms with Crippen LogP contribution in [0.5, 0.6) is 0 Å². The van der Waals surface area contributed by atoms with E-state index in [1.807, 2.05) is 13.0 Å². The summed E-state index contributed by atoms with van der Waals surface area (Å²) >= 11 is 3.57. The first-order chi connectivity index (χ1) is 9.92. The van der Waals surface area contributed by atoms with Gasteiger partial charge in [-0.1, -0.05) is 19.9 Å². The van der Waals surface area contributed by atoms with Crippen LogP contribution in [0.15, 0.2) is 22.7 Å². The van der Waals surface area contributed by atoms with Gasteiger partial charge in [0.15, 0.2) is 0 Å². The summed E-state index contributed by atoms with van der Waals surface area (Å²) in [5.74, 6) is 7.92. The Labute approximate surface area is 133 Å². The molecule has 5 nitrogen and oxygen atoms in total. The maximum atomic E-state index is 5.55. The van der Waals surface area contributed by atoms with Crippen LogP contribution in [-0.4, -0.2) is 9.97 Å². The van der Waals surface area contributed by atoms with Crippen molar-refractivity contribution in [2.45, 2.75) is 33.6 Å². The number of hydrogen-bond acceptors (Lipinski definition) is 5. The zero-order chi connectivity index (χ0) is 15.6. The second-order valence-corrected chi connectivity index (χ2v) is 6.17. The summed E-state index contributed by atoms with van der Waals surface area (Å²) in [5, 5.41) is 3.34. The molecule has 0 saturated carbocycles. The lowest BCUT2D eigenvalue weighted by Gasteiger charge is -2.16. The first kappa shape index (κ1) is 15.7. The fraction of sp³-hybridized carbons (Fsp3) is 0.333. The highest BCUT2D eigenvalue weighted by Gasteiger charge is 2.13. The van der Waals surface area contributed by atoms with E-state index < -0.39 is 0 Å². The SMILES string of the molecule is Cc1ccc(Nc2nc(C(C)C)nc(NN)c2C)c(Br)c1. The molecule has 2 aromatic rings. The molecule has 1 heterocycles. The van der Waals surface area contributed by atoms with Gasteiger partial charge in [-0.15, -0.1) is 0 Å². The van der Waals surface area contributed by atoms with Gasteiger partial charge in [-0.3, -0.25) is 0 Å². The second kappa shape index (κ2) is 6.41. The number of anilines is 3. The Morgan fingerprint density at radius 2 is 1.81 bits per heavy atom. The highest BCUT2D eigenvalue weighted by molar-refractivity contribution is 9.10. The Kier molecular flexibility index (Phi) is 4.80. The minimum absolute atomic E-state index is 0.222. The minimum atomic E-state index is 0.222. The third-order valence-corrected chi connectivity index (χ3v) is 3.85. The molecule has 0 saturated heterocycles. The molecule has 1 aromatic carbocycles. The normalized spacial score (nSPS) is 10.8. The van der Waals surface area contributed by atoms with Crippen LogP contribution in [0.25, 0.3) is 0 Å². The molecule has 0 bridgehead atoms. The zero-order valence-electron chi connectivity index (χ0n) is 12.7. The minimum Gasteiger partial charge on any atom is -0.339 e. The molecule has 0 atom stereocenters. The zero-order valence-corrected chi connectivity index (χ0v) is 14.2. The topological polar surface area (TPSA) is 75.9 Å². The summed E-state index contributed by atoms with van der Waals surface area (Å²) in [6, 6.07) is 6.13. The average molecular weight is 350 g/mol. The van der Waals surface area contributed by atoms with Gasteiger partial charge in [0, 0.05) is 16.0 Å². The maximum Gasteiger partial charge on any atom is 0.148 e. The number of aromatic nitrogens is 2. The lowest BCUT2D eigenvalue weighted by Crippen LogP contribution is -2.14. The van der Waals surface area contributed by atoms with Gasteiger partial charge in [0.1, 0.15) is 17.5 Å². The van der Waals surface area contributed by atoms with Gasteiger partial charge in [-0.05, 0) is 47.5 Å². The van der Waals surface area contributed by atoms with Crippen molar-refractivity contribution in [1.82, 2.24) is 9.97 Å². The number of nitrogens with one attached hydrogen (secondary N) is 2. The molecule has 21 heavy (non-hydrogen) atoms. The van der Waals surface area contributed by atoms with Gasteiger partial charge in [-0.25, -0.2) is 15.8 Å². The smallest absolute Gasteiger partial charge is 0.148 e. The molecule has 0 unspecified atom stereocenters. The van der Waals surface area contributed by atoms with Crippen LogP contribution in [-0.2, 0) is 0 Å². The highest BCUT2D eigenvalue weighted by atomic mass is 79.9. The first-order valence-electron chi connectivity index (χ1n) is 6.80. The summed E-state index contributed by atoms with van der Waals surface area (Å²) in [6.07, 6.45) is 0. The van der Waals surface area contributed by atoms with Crippen molar-refractivity contribution in [3.05, 3.63) is 39.6 Å². The average Bonchev–Trinajstić information content (AvgIpc) is 2.43. The molecular weight excluding hydrogens is 330 g/mol. The fourth-order valence-electron chi connectivity index (χ4n) is 1.90. The van der Waals surface area contributed by atoms with Crippen LogP contribution in [0.2, 0.25) is 0 Å². The van der Waals surface area contributed by atoms with E-state index in [0.717, 1.165) is 27.4 Å². The van der Waals surface area contributed by atoms with Crippen LogP contribution in [0.4, 0.5) is 17.3 Å². The third kappa shape index (κ3) is 3.51. The Morgan fingerprint density at radius 3 is 2.38 bits per heavy atom. The van der Waals surface area contributed by atoms with Gasteiger partial charge in [0.05, 0.1) is 5.69 Å². The number of benzene rings is 1. The largest absolute Gasteiger partial charge is 0.339 e. The predicted octanol–water partition coefficient (Wildman–Crippen LogP) is 4.01. The van der Waals surface area contributed by atoms with Gasteiger partial charge >= 0.3 is 0 Å². The number of aryl methyl sites for hydroxylation is 1. The Hall–Kier alpha value is -1.66. The third-order valence-electron chi connectivity index (χ3n) is 3.19. The Morgan fingerprint density at radius 1 is 1.14 bits per heavy atom. The molecule has 0 aliphatic carbocycles. The Bertz CT molecular complexity index is 655. The number of halogens is 1. The molecule has 6 heteroatoms. The van der Waals surface area contributed by atoms with Crippen molar-refractivity contribution in [2.75, 3.05) is 10.7 Å². The van der Waals surface area contributed by atoms with Gasteiger partial charge in [-0.2, -0.15) is 0 Å². The number of nitrogen functional groups attached to an aromatic ring is 1. The van der Waals surface area contributed by atoms with Gasteiger partial charge < -0.3 is 10.7 Å². The monoisotopic (exact) mass is 349 g/mol. The van der Waals surface area contributed by atoms with E-state index in [1.54, 1.807) is 0 Å². The van der Waals surface area contributed by atoms with Gasteiger partial charge in [0.2, 0.25) is 0 Å². The van der Waals surface area contributed by atoms with E-state index in [9.17, 15) is 0 Å². The molecule has 112 valence electrons. The summed E-state index contributed by atoms with van der Waals surface area (Å²) in [7, 11) is 0. The van der Waals surface area contributed by atoms with E-state index in [1.165, 1.54) is 5.56 Å². The van der Waals surface area contributed by atoms with Crippen molar-refractivity contribution in [2.24, 2.45) is 5.84 Å². The van der Waals surface area contributed by atoms with Crippen LogP contribution in [0, 0.1) is 13.8 Å². The van der Waals surface area contributed by atoms with Crippen LogP contribution in [0.1, 0.15) is 36.7 Å². The standard InChI is InChI=1S/C15H20BrN5/c1-8(2)13-19-14(10(4)15(20-13)21-17)18-12-6-5-9(3)7-11(12)16/h5-8H,17H2,1-4H3,(H2,18,19,20,21). The molecule has 0 spiro atoms. The van der Waals surface area contributed by atoms with Crippen molar-refractivity contribution in [1.29, 1.82) is 0 Å². The summed E-state index contributed by atoms with van der Waals surface area (Å²) in [5.41, 5.74) is 5.67. The second-order valence-electron chi connectivity index (χ2n) is 5.31. The van der Waals surface area contributed by atoms with Crippen molar-refractivity contribution < 1.29 is 0 Å². The lowest BCUT2D eigenvalue weighted by atomic mass is 10.2. The maximum absolute atomic E-state index is 5.55. The molecule has 2 rings (SSSR count). The van der Waals surface area contributed by atoms with E-state index >= 15 is 0 Å². The van der Waals surface area contributed by atoms with E-state index in [0.29, 0.717) is 5.82 Å². The van der Waals surface area contributed by atoms with Crippen LogP contribution in [0.3, 0.4) is 0 Å². The van der Waals surface area contributed by atoms with E-state index in [2.05, 4.69) is 69.5 Å². The van der Waals surface area contributed by atoms with Crippen LogP contribution >= 0.6 is 15.9 Å². The van der Waals surface area contributed by atoms with Crippen molar-refractivity contribution in [3.8, 4) is 0 Å². The quantitative estimate of drug-likeness (QED) is 0.574. The lowest BCUT2D eigenvalue weighted by molar-refractivity contribution is 0.774. The Balaban J connectivity index is 2.45. The van der Waals surface area contributed by atoms with Crippen molar-refractivity contribution in [3.63, 3.8) is 0 Å². The number of hydrazine groups is 1. The number of hydrogen-bond donors (Lipinski definition) is 3. The number of nitrogens with two attached hydrogens (primary N) is 1. The molecule has 1 aromatic heterocycles. The molecular formula is C15H20BrN5. The van der Waals surface area contributed by atoms with E-state index in [4.69, 9.17) is 5.84 Å². The molecule has 0 amide bonds. The molecule has 0 aliphatic heterocycles. The fourth-order valence-corrected chi connectivity index (χ4v) is 2.50. The summed E-state index contributed by atoms with van der Waals surface area (Å²) in [4.78, 5) is 9.03.